The first-order chi connectivity index (χ1) is 14.0. The highest BCUT2D eigenvalue weighted by atomic mass is 16.3. The van der Waals surface area contributed by atoms with E-state index in [1.807, 2.05) is 32.0 Å². The Bertz CT molecular complexity index is 1180. The zero-order chi connectivity index (χ0) is 20.4. The van der Waals surface area contributed by atoms with Crippen molar-refractivity contribution in [1.29, 1.82) is 0 Å². The summed E-state index contributed by atoms with van der Waals surface area (Å²) in [5, 5.41) is 7.40. The van der Waals surface area contributed by atoms with Crippen molar-refractivity contribution >= 4 is 22.5 Å². The Morgan fingerprint density at radius 3 is 2.90 bits per heavy atom. The Hall–Kier alpha value is -3.29. The van der Waals surface area contributed by atoms with E-state index >= 15 is 0 Å². The number of nitrogens with one attached hydrogen (secondary N) is 1. The second kappa shape index (κ2) is 7.98. The average molecular weight is 396 g/mol. The molecule has 0 bridgehead atoms. The van der Waals surface area contributed by atoms with Gasteiger partial charge in [0, 0.05) is 37.6 Å². The zero-order valence-electron chi connectivity index (χ0n) is 16.6. The summed E-state index contributed by atoms with van der Waals surface area (Å²) < 4.78 is 13.9. The van der Waals surface area contributed by atoms with Crippen molar-refractivity contribution < 1.29 is 13.6 Å². The van der Waals surface area contributed by atoms with Crippen molar-refractivity contribution in [1.82, 2.24) is 19.5 Å². The van der Waals surface area contributed by atoms with E-state index in [2.05, 4.69) is 10.4 Å². The van der Waals surface area contributed by atoms with Gasteiger partial charge in [0.2, 0.25) is 5.91 Å². The lowest BCUT2D eigenvalue weighted by Crippen LogP contribution is -2.33. The van der Waals surface area contributed by atoms with Crippen molar-refractivity contribution in [3.05, 3.63) is 58.7 Å². The molecule has 4 rings (SSSR count). The Kier molecular flexibility index (Phi) is 5.24. The van der Waals surface area contributed by atoms with Crippen LogP contribution in [-0.4, -0.2) is 26.1 Å². The monoisotopic (exact) mass is 396 g/mol. The number of hydrogen-bond acceptors (Lipinski definition) is 5. The van der Waals surface area contributed by atoms with Gasteiger partial charge in [-0.05, 0) is 38.8 Å². The fourth-order valence-electron chi connectivity index (χ4n) is 3.60. The summed E-state index contributed by atoms with van der Waals surface area (Å²) in [5.74, 6) is 1.59. The maximum atomic E-state index is 12.7. The van der Waals surface area contributed by atoms with Crippen LogP contribution in [0.25, 0.3) is 16.6 Å². The highest BCUT2D eigenvalue weighted by Crippen LogP contribution is 2.20. The van der Waals surface area contributed by atoms with E-state index in [-0.39, 0.29) is 17.5 Å². The third-order valence-corrected chi connectivity index (χ3v) is 5.05. The number of hydrogen-bond donors (Lipinski definition) is 1. The zero-order valence-corrected chi connectivity index (χ0v) is 16.6. The van der Waals surface area contributed by atoms with Gasteiger partial charge in [0.05, 0.1) is 18.0 Å². The summed E-state index contributed by atoms with van der Waals surface area (Å²) in [7, 11) is 0. The molecular weight excluding hydrogens is 372 g/mol. The number of aromatic nitrogens is 3. The lowest BCUT2D eigenvalue weighted by Gasteiger charge is -2.13. The summed E-state index contributed by atoms with van der Waals surface area (Å²) in [6, 6.07) is 7.40. The first kappa shape index (κ1) is 19.0. The van der Waals surface area contributed by atoms with Crippen molar-refractivity contribution in [2.45, 2.75) is 52.1 Å². The molecule has 0 saturated heterocycles. The summed E-state index contributed by atoms with van der Waals surface area (Å²) >= 11 is 0. The maximum Gasteiger partial charge on any atom is 0.291 e. The second-order valence-electron chi connectivity index (χ2n) is 7.30. The minimum Gasteiger partial charge on any atom is -0.469 e. The Morgan fingerprint density at radius 1 is 1.24 bits per heavy atom. The van der Waals surface area contributed by atoms with Crippen LogP contribution in [0.5, 0.6) is 0 Å². The van der Waals surface area contributed by atoms with Crippen LogP contribution in [0.1, 0.15) is 37.8 Å². The SMILES string of the molecule is Cc1nn(CCCC(=O)N[C@@H](C)CCc2ccco2)c(=O)c2cc3occc3n12. The molecular formula is C21H24N4O4. The van der Waals surface area contributed by atoms with Gasteiger partial charge in [0.15, 0.2) is 5.58 Å². The number of carbonyl (C=O) groups is 1. The third-order valence-electron chi connectivity index (χ3n) is 5.05. The highest BCUT2D eigenvalue weighted by Gasteiger charge is 2.14. The number of nitrogens with zero attached hydrogens (tertiary/aromatic N) is 3. The lowest BCUT2D eigenvalue weighted by atomic mass is 10.1. The highest BCUT2D eigenvalue weighted by molar-refractivity contribution is 5.82. The topological polar surface area (TPSA) is 94.7 Å². The lowest BCUT2D eigenvalue weighted by molar-refractivity contribution is -0.121. The van der Waals surface area contributed by atoms with Gasteiger partial charge in [0.1, 0.15) is 17.1 Å². The molecule has 0 aliphatic rings. The predicted octanol–water partition coefficient (Wildman–Crippen LogP) is 3.06. The number of carbonyl (C=O) groups excluding carboxylic acids is 1. The van der Waals surface area contributed by atoms with Crippen LogP contribution in [0.3, 0.4) is 0 Å². The van der Waals surface area contributed by atoms with E-state index in [1.165, 1.54) is 4.68 Å². The normalized spacial score (nSPS) is 12.6. The van der Waals surface area contributed by atoms with Gasteiger partial charge >= 0.3 is 0 Å². The van der Waals surface area contributed by atoms with Gasteiger partial charge in [0.25, 0.3) is 5.56 Å². The minimum absolute atomic E-state index is 0.0250. The maximum absolute atomic E-state index is 12.7. The van der Waals surface area contributed by atoms with Crippen molar-refractivity contribution in [2.24, 2.45) is 0 Å². The second-order valence-corrected chi connectivity index (χ2v) is 7.30. The van der Waals surface area contributed by atoms with Crippen LogP contribution in [0.2, 0.25) is 0 Å². The van der Waals surface area contributed by atoms with Gasteiger partial charge in [-0.3, -0.25) is 14.0 Å². The van der Waals surface area contributed by atoms with Crippen molar-refractivity contribution in [3.63, 3.8) is 0 Å². The standard InChI is InChI=1S/C21H24N4O4/c1-14(7-8-16-5-4-11-28-16)22-20(26)6-3-10-24-21(27)18-13-19-17(9-12-29-19)25(18)15(2)23-24/h4-5,9,11-14H,3,6-8,10H2,1-2H3,(H,22,26)/t14-/m0/s1. The molecule has 0 fully saturated rings. The molecule has 152 valence electrons. The van der Waals surface area contributed by atoms with Gasteiger partial charge < -0.3 is 14.2 Å². The van der Waals surface area contributed by atoms with Crippen molar-refractivity contribution in [2.75, 3.05) is 0 Å². The fourth-order valence-corrected chi connectivity index (χ4v) is 3.60. The largest absolute Gasteiger partial charge is 0.469 e. The molecule has 0 unspecified atom stereocenters. The van der Waals surface area contributed by atoms with Gasteiger partial charge in [-0.25, -0.2) is 4.68 Å². The molecule has 0 aliphatic carbocycles. The Labute approximate surface area is 167 Å². The molecule has 0 radical (unpaired) electrons. The van der Waals surface area contributed by atoms with Crippen molar-refractivity contribution in [3.8, 4) is 0 Å². The van der Waals surface area contributed by atoms with Crippen LogP contribution < -0.4 is 10.9 Å². The summed E-state index contributed by atoms with van der Waals surface area (Å²) in [6.45, 7) is 4.21. The number of aryl methyl sites for hydroxylation is 3. The average Bonchev–Trinajstić information content (AvgIpc) is 3.40. The summed E-state index contributed by atoms with van der Waals surface area (Å²) in [5.41, 5.74) is 1.84. The van der Waals surface area contributed by atoms with Crippen LogP contribution in [0.15, 0.2) is 50.4 Å². The molecule has 4 aromatic heterocycles. The third kappa shape index (κ3) is 3.96. The first-order valence-electron chi connectivity index (χ1n) is 9.81. The molecule has 0 aliphatic heterocycles. The van der Waals surface area contributed by atoms with Gasteiger partial charge in [-0.1, -0.05) is 0 Å². The minimum atomic E-state index is -0.186. The molecule has 1 amide bonds. The smallest absolute Gasteiger partial charge is 0.291 e. The molecule has 0 aromatic carbocycles. The van der Waals surface area contributed by atoms with Gasteiger partial charge in [-0.2, -0.15) is 5.10 Å². The quantitative estimate of drug-likeness (QED) is 0.494. The Balaban J connectivity index is 1.33. The predicted molar refractivity (Wildman–Crippen MR) is 108 cm³/mol. The van der Waals surface area contributed by atoms with Crippen LogP contribution in [0, 0.1) is 6.92 Å². The fraction of sp³-hybridized carbons (Fsp3) is 0.381. The molecule has 8 nitrogen and oxygen atoms in total. The molecule has 4 heterocycles. The number of rotatable bonds is 8. The molecule has 29 heavy (non-hydrogen) atoms. The van der Waals surface area contributed by atoms with Crippen LogP contribution >= 0.6 is 0 Å². The van der Waals surface area contributed by atoms with E-state index in [0.717, 1.165) is 24.1 Å². The van der Waals surface area contributed by atoms with E-state index in [4.69, 9.17) is 8.83 Å². The van der Waals surface area contributed by atoms with E-state index in [1.54, 1.807) is 23.0 Å². The molecule has 0 saturated carbocycles. The molecule has 4 aromatic rings. The van der Waals surface area contributed by atoms with E-state index in [0.29, 0.717) is 36.3 Å². The van der Waals surface area contributed by atoms with Crippen LogP contribution in [0.4, 0.5) is 0 Å². The van der Waals surface area contributed by atoms with E-state index in [9.17, 15) is 9.59 Å². The van der Waals surface area contributed by atoms with Crippen LogP contribution in [-0.2, 0) is 17.8 Å². The molecule has 1 atom stereocenters. The number of fused-ring (bicyclic) bond motifs is 3. The Morgan fingerprint density at radius 2 is 2.10 bits per heavy atom. The summed E-state index contributed by atoms with van der Waals surface area (Å²) in [6.07, 6.45) is 5.72. The molecule has 8 heteroatoms. The summed E-state index contributed by atoms with van der Waals surface area (Å²) in [4.78, 5) is 24.9. The van der Waals surface area contributed by atoms with Gasteiger partial charge in [-0.15, -0.1) is 0 Å². The molecule has 1 N–H and O–H groups in total. The van der Waals surface area contributed by atoms with E-state index < -0.39 is 0 Å². The molecule has 0 spiro atoms. The first-order valence-corrected chi connectivity index (χ1v) is 9.81. The number of furan rings is 2. The number of amides is 1.